The number of anilines is 1. The molecule has 6 rings (SSSR count). The summed E-state index contributed by atoms with van der Waals surface area (Å²) < 4.78 is 20.9. The van der Waals surface area contributed by atoms with Crippen LogP contribution in [0.4, 0.5) is 10.5 Å². The Morgan fingerprint density at radius 1 is 1.11 bits per heavy atom. The standard InChI is InChI=1S/C27H27N7O4/c1-16-17-14-29-19(18-15-30-33-8-6-7-28-25(18)33)11-20(17)34(31-16)22-13-24-21(12-23(22)36-5)32(9-10-37-24)26(35)38-27(2,3)4/h6-8,11-15H,9-10H2,1-5H3. The Morgan fingerprint density at radius 2 is 1.95 bits per heavy atom. The van der Waals surface area contributed by atoms with Gasteiger partial charge in [0.05, 0.1) is 48.0 Å². The van der Waals surface area contributed by atoms with Crippen molar-refractivity contribution in [2.45, 2.75) is 33.3 Å². The second-order valence-electron chi connectivity index (χ2n) is 10.0. The van der Waals surface area contributed by atoms with Crippen molar-refractivity contribution in [2.75, 3.05) is 25.2 Å². The summed E-state index contributed by atoms with van der Waals surface area (Å²) in [5.41, 5.74) is 4.53. The Bertz CT molecular complexity index is 1700. The number of carbonyl (C=O) groups is 1. The van der Waals surface area contributed by atoms with E-state index in [4.69, 9.17) is 19.3 Å². The summed E-state index contributed by atoms with van der Waals surface area (Å²) in [6.45, 7) is 8.17. The van der Waals surface area contributed by atoms with Crippen LogP contribution in [0.2, 0.25) is 0 Å². The zero-order valence-corrected chi connectivity index (χ0v) is 21.8. The second kappa shape index (κ2) is 8.72. The molecular weight excluding hydrogens is 486 g/mol. The van der Waals surface area contributed by atoms with E-state index in [1.165, 1.54) is 0 Å². The number of hydrogen-bond donors (Lipinski definition) is 0. The van der Waals surface area contributed by atoms with Crippen molar-refractivity contribution in [1.82, 2.24) is 29.4 Å². The van der Waals surface area contributed by atoms with E-state index >= 15 is 0 Å². The molecule has 5 aromatic rings. The molecule has 0 bridgehead atoms. The number of ether oxygens (including phenoxy) is 3. The Hall–Kier alpha value is -4.67. The van der Waals surface area contributed by atoms with Gasteiger partial charge in [0.25, 0.3) is 0 Å². The highest BCUT2D eigenvalue weighted by atomic mass is 16.6. The summed E-state index contributed by atoms with van der Waals surface area (Å²) in [4.78, 5) is 23.6. The van der Waals surface area contributed by atoms with Crippen LogP contribution in [0.1, 0.15) is 26.5 Å². The number of fused-ring (bicyclic) bond motifs is 3. The molecule has 0 fully saturated rings. The van der Waals surface area contributed by atoms with Gasteiger partial charge in [-0.15, -0.1) is 0 Å². The summed E-state index contributed by atoms with van der Waals surface area (Å²) in [6, 6.07) is 7.42. The van der Waals surface area contributed by atoms with Crippen molar-refractivity contribution < 1.29 is 19.0 Å². The third-order valence-electron chi connectivity index (χ3n) is 6.27. The number of nitrogens with zero attached hydrogens (tertiary/aromatic N) is 7. The molecule has 1 amide bonds. The lowest BCUT2D eigenvalue weighted by Gasteiger charge is -2.32. The molecule has 5 heterocycles. The highest BCUT2D eigenvalue weighted by molar-refractivity contribution is 5.92. The molecule has 0 radical (unpaired) electrons. The number of methoxy groups -OCH3 is 1. The first-order valence-corrected chi connectivity index (χ1v) is 12.2. The Balaban J connectivity index is 1.48. The Labute approximate surface area is 218 Å². The fraction of sp³-hybridized carbons (Fsp3) is 0.296. The van der Waals surface area contributed by atoms with Gasteiger partial charge in [-0.2, -0.15) is 10.2 Å². The lowest BCUT2D eigenvalue weighted by atomic mass is 10.1. The molecule has 194 valence electrons. The second-order valence-corrected chi connectivity index (χ2v) is 10.0. The molecule has 4 aromatic heterocycles. The number of hydrogen-bond acceptors (Lipinski definition) is 8. The van der Waals surface area contributed by atoms with Gasteiger partial charge in [-0.05, 0) is 39.8 Å². The van der Waals surface area contributed by atoms with E-state index in [0.29, 0.717) is 41.7 Å². The smallest absolute Gasteiger partial charge is 0.415 e. The maximum atomic E-state index is 12.9. The molecular formula is C27H27N7O4. The number of aryl methyl sites for hydroxylation is 1. The molecule has 0 atom stereocenters. The quantitative estimate of drug-likeness (QED) is 0.345. The van der Waals surface area contributed by atoms with Crippen LogP contribution < -0.4 is 14.4 Å². The summed E-state index contributed by atoms with van der Waals surface area (Å²) in [7, 11) is 1.59. The first-order valence-electron chi connectivity index (χ1n) is 12.2. The lowest BCUT2D eigenvalue weighted by molar-refractivity contribution is 0.0567. The summed E-state index contributed by atoms with van der Waals surface area (Å²) >= 11 is 0. The largest absolute Gasteiger partial charge is 0.494 e. The van der Waals surface area contributed by atoms with Gasteiger partial charge in [-0.25, -0.2) is 19.0 Å². The van der Waals surface area contributed by atoms with Crippen LogP contribution in [0.15, 0.2) is 49.1 Å². The molecule has 0 unspecified atom stereocenters. The van der Waals surface area contributed by atoms with Crippen LogP contribution in [0.3, 0.4) is 0 Å². The zero-order chi connectivity index (χ0) is 26.6. The summed E-state index contributed by atoms with van der Waals surface area (Å²) in [6.07, 6.45) is 6.70. The number of amides is 1. The van der Waals surface area contributed by atoms with Gasteiger partial charge in [-0.1, -0.05) is 0 Å². The molecule has 38 heavy (non-hydrogen) atoms. The molecule has 0 N–H and O–H groups in total. The normalized spacial score (nSPS) is 13.4. The van der Waals surface area contributed by atoms with Crippen LogP contribution >= 0.6 is 0 Å². The first kappa shape index (κ1) is 23.7. The Kier molecular flexibility index (Phi) is 5.44. The van der Waals surface area contributed by atoms with Gasteiger partial charge in [0.15, 0.2) is 5.65 Å². The molecule has 0 spiro atoms. The lowest BCUT2D eigenvalue weighted by Crippen LogP contribution is -2.41. The minimum absolute atomic E-state index is 0.340. The van der Waals surface area contributed by atoms with Gasteiger partial charge >= 0.3 is 6.09 Å². The average Bonchev–Trinajstić information content (AvgIpc) is 3.47. The third kappa shape index (κ3) is 3.96. The van der Waals surface area contributed by atoms with E-state index in [-0.39, 0.29) is 0 Å². The van der Waals surface area contributed by atoms with E-state index in [0.717, 1.165) is 27.9 Å². The first-order chi connectivity index (χ1) is 18.2. The van der Waals surface area contributed by atoms with E-state index in [1.807, 2.05) is 63.0 Å². The molecule has 1 aromatic carbocycles. The van der Waals surface area contributed by atoms with Crippen LogP contribution in [0, 0.1) is 6.92 Å². The fourth-order valence-electron chi connectivity index (χ4n) is 4.56. The van der Waals surface area contributed by atoms with E-state index < -0.39 is 11.7 Å². The van der Waals surface area contributed by atoms with Crippen LogP contribution in [-0.2, 0) is 4.74 Å². The average molecular weight is 514 g/mol. The van der Waals surface area contributed by atoms with E-state index in [9.17, 15) is 4.79 Å². The van der Waals surface area contributed by atoms with Crippen LogP contribution in [-0.4, -0.2) is 61.3 Å². The molecule has 1 aliphatic rings. The Morgan fingerprint density at radius 3 is 2.74 bits per heavy atom. The van der Waals surface area contributed by atoms with Crippen molar-refractivity contribution in [3.8, 4) is 28.4 Å². The minimum Gasteiger partial charge on any atom is -0.494 e. The third-order valence-corrected chi connectivity index (χ3v) is 6.27. The number of carbonyl (C=O) groups excluding carboxylic acids is 1. The van der Waals surface area contributed by atoms with Gasteiger partial charge in [0, 0.05) is 36.1 Å². The maximum Gasteiger partial charge on any atom is 0.415 e. The monoisotopic (exact) mass is 513 g/mol. The SMILES string of the molecule is COc1cc2c(cc1-n1nc(C)c3cnc(-c4cnn5cccnc45)cc31)OCCN2C(=O)OC(C)(C)C. The maximum absolute atomic E-state index is 12.9. The minimum atomic E-state index is -0.618. The number of rotatable bonds is 3. The van der Waals surface area contributed by atoms with Crippen LogP contribution in [0.5, 0.6) is 11.5 Å². The van der Waals surface area contributed by atoms with Gasteiger partial charge in [0.1, 0.15) is 29.4 Å². The topological polar surface area (TPSA) is 109 Å². The predicted molar refractivity (Wildman–Crippen MR) is 141 cm³/mol. The van der Waals surface area contributed by atoms with Crippen molar-refractivity contribution in [3.63, 3.8) is 0 Å². The molecule has 11 nitrogen and oxygen atoms in total. The van der Waals surface area contributed by atoms with Crippen molar-refractivity contribution in [1.29, 1.82) is 0 Å². The molecule has 0 saturated carbocycles. The number of aromatic nitrogens is 6. The van der Waals surface area contributed by atoms with Crippen molar-refractivity contribution >= 4 is 28.3 Å². The predicted octanol–water partition coefficient (Wildman–Crippen LogP) is 4.58. The van der Waals surface area contributed by atoms with Gasteiger partial charge < -0.3 is 14.2 Å². The van der Waals surface area contributed by atoms with E-state index in [1.54, 1.807) is 35.0 Å². The van der Waals surface area contributed by atoms with Gasteiger partial charge in [-0.3, -0.25) is 9.88 Å². The number of benzene rings is 1. The van der Waals surface area contributed by atoms with Gasteiger partial charge in [0.2, 0.25) is 0 Å². The summed E-state index contributed by atoms with van der Waals surface area (Å²) in [5.74, 6) is 1.07. The molecule has 0 saturated heterocycles. The fourth-order valence-corrected chi connectivity index (χ4v) is 4.56. The van der Waals surface area contributed by atoms with E-state index in [2.05, 4.69) is 15.1 Å². The molecule has 11 heteroatoms. The highest BCUT2D eigenvalue weighted by Crippen LogP contribution is 2.41. The molecule has 0 aliphatic carbocycles. The van der Waals surface area contributed by atoms with Crippen molar-refractivity contribution in [2.24, 2.45) is 0 Å². The van der Waals surface area contributed by atoms with Crippen LogP contribution in [0.25, 0.3) is 33.5 Å². The molecule has 1 aliphatic heterocycles. The zero-order valence-electron chi connectivity index (χ0n) is 21.8. The van der Waals surface area contributed by atoms with Crippen molar-refractivity contribution in [3.05, 3.63) is 54.7 Å². The number of pyridine rings is 1. The highest BCUT2D eigenvalue weighted by Gasteiger charge is 2.30. The summed E-state index contributed by atoms with van der Waals surface area (Å²) in [5, 5.41) is 10.1.